The number of hydrogen-bond acceptors (Lipinski definition) is 1. The highest BCUT2D eigenvalue weighted by Crippen LogP contribution is 2.16. The molecule has 0 atom stereocenters. The normalized spacial score (nSPS) is 11.6. The Bertz CT molecular complexity index is 505. The van der Waals surface area contributed by atoms with Gasteiger partial charge in [0.25, 0.3) is 0 Å². The SMILES string of the molecule is CC(C)OCc1c[n+]2cccc(Br)c2n1C. The molecule has 16 heavy (non-hydrogen) atoms. The second kappa shape index (κ2) is 4.55. The standard InChI is InChI=1S/C12H16BrN2O/c1-9(2)16-8-10-7-15-6-4-5-11(13)12(15)14(10)3/h4-7,9H,8H2,1-3H3/q+1. The Balaban J connectivity index is 2.40. The van der Waals surface area contributed by atoms with Crippen molar-refractivity contribution in [1.82, 2.24) is 4.57 Å². The Kier molecular flexibility index (Phi) is 3.30. The molecule has 2 aromatic heterocycles. The monoisotopic (exact) mass is 283 g/mol. The Morgan fingerprint density at radius 3 is 2.88 bits per heavy atom. The van der Waals surface area contributed by atoms with E-state index >= 15 is 0 Å². The zero-order valence-electron chi connectivity index (χ0n) is 9.77. The molecule has 0 amide bonds. The van der Waals surface area contributed by atoms with Crippen LogP contribution in [0.15, 0.2) is 29.0 Å². The van der Waals surface area contributed by atoms with Crippen LogP contribution >= 0.6 is 15.9 Å². The van der Waals surface area contributed by atoms with Crippen molar-refractivity contribution in [2.75, 3.05) is 0 Å². The molecule has 3 nitrogen and oxygen atoms in total. The lowest BCUT2D eigenvalue weighted by molar-refractivity contribution is -0.511. The van der Waals surface area contributed by atoms with Gasteiger partial charge in [-0.1, -0.05) is 0 Å². The first-order chi connectivity index (χ1) is 7.59. The summed E-state index contributed by atoms with van der Waals surface area (Å²) >= 11 is 3.56. The molecule has 4 heteroatoms. The molecule has 0 fully saturated rings. The van der Waals surface area contributed by atoms with Gasteiger partial charge < -0.3 is 4.74 Å². The highest BCUT2D eigenvalue weighted by Gasteiger charge is 2.16. The van der Waals surface area contributed by atoms with E-state index in [9.17, 15) is 0 Å². The van der Waals surface area contributed by atoms with Crippen molar-refractivity contribution in [2.45, 2.75) is 26.6 Å². The molecule has 0 saturated carbocycles. The molecule has 0 N–H and O–H groups in total. The van der Waals surface area contributed by atoms with Crippen LogP contribution in [0.25, 0.3) is 5.65 Å². The smallest absolute Gasteiger partial charge is 0.300 e. The van der Waals surface area contributed by atoms with Crippen molar-refractivity contribution in [3.05, 3.63) is 34.7 Å². The summed E-state index contributed by atoms with van der Waals surface area (Å²) in [5, 5.41) is 0. The zero-order valence-corrected chi connectivity index (χ0v) is 11.4. The largest absolute Gasteiger partial charge is 0.370 e. The van der Waals surface area contributed by atoms with Crippen LogP contribution in [0.1, 0.15) is 19.5 Å². The summed E-state index contributed by atoms with van der Waals surface area (Å²) in [7, 11) is 2.05. The Labute approximate surface area is 104 Å². The van der Waals surface area contributed by atoms with Gasteiger partial charge in [-0.15, -0.1) is 0 Å². The van der Waals surface area contributed by atoms with E-state index in [1.165, 1.54) is 5.69 Å². The van der Waals surface area contributed by atoms with E-state index in [1.54, 1.807) is 0 Å². The summed E-state index contributed by atoms with van der Waals surface area (Å²) in [6.07, 6.45) is 4.40. The summed E-state index contributed by atoms with van der Waals surface area (Å²) in [5.74, 6) is 0. The van der Waals surface area contributed by atoms with Gasteiger partial charge in [-0.2, -0.15) is 0 Å². The lowest BCUT2D eigenvalue weighted by Crippen LogP contribution is -2.18. The number of aryl methyl sites for hydroxylation is 1. The van der Waals surface area contributed by atoms with Crippen molar-refractivity contribution in [3.8, 4) is 0 Å². The second-order valence-corrected chi connectivity index (χ2v) is 4.98. The van der Waals surface area contributed by atoms with Crippen molar-refractivity contribution in [1.29, 1.82) is 0 Å². The summed E-state index contributed by atoms with van der Waals surface area (Å²) in [6.45, 7) is 4.74. The van der Waals surface area contributed by atoms with Gasteiger partial charge in [0.1, 0.15) is 17.3 Å². The minimum Gasteiger partial charge on any atom is -0.370 e. The number of fused-ring (bicyclic) bond motifs is 1. The minimum atomic E-state index is 0.256. The molecule has 0 aliphatic rings. The number of halogens is 1. The Morgan fingerprint density at radius 2 is 2.25 bits per heavy atom. The van der Waals surface area contributed by atoms with E-state index < -0.39 is 0 Å². The zero-order chi connectivity index (χ0) is 11.7. The second-order valence-electron chi connectivity index (χ2n) is 4.13. The highest BCUT2D eigenvalue weighted by atomic mass is 79.9. The van der Waals surface area contributed by atoms with Gasteiger partial charge in [-0.25, -0.2) is 8.97 Å². The Hall–Kier alpha value is -0.870. The molecule has 0 aliphatic carbocycles. The summed E-state index contributed by atoms with van der Waals surface area (Å²) < 4.78 is 11.0. The van der Waals surface area contributed by atoms with Gasteiger partial charge in [-0.3, -0.25) is 0 Å². The fourth-order valence-electron chi connectivity index (χ4n) is 1.70. The van der Waals surface area contributed by atoms with Crippen LogP contribution in [-0.2, 0) is 18.4 Å². The van der Waals surface area contributed by atoms with Gasteiger partial charge in [-0.05, 0) is 41.9 Å². The predicted molar refractivity (Wildman–Crippen MR) is 66.2 cm³/mol. The van der Waals surface area contributed by atoms with E-state index in [1.807, 2.05) is 32.2 Å². The molecule has 0 bridgehead atoms. The van der Waals surface area contributed by atoms with Crippen LogP contribution in [-0.4, -0.2) is 10.7 Å². The van der Waals surface area contributed by atoms with Crippen molar-refractivity contribution in [3.63, 3.8) is 0 Å². The molecular weight excluding hydrogens is 268 g/mol. The number of rotatable bonds is 3. The van der Waals surface area contributed by atoms with Crippen LogP contribution < -0.4 is 4.40 Å². The van der Waals surface area contributed by atoms with E-state index in [0.29, 0.717) is 6.61 Å². The lowest BCUT2D eigenvalue weighted by atomic mass is 10.4. The van der Waals surface area contributed by atoms with Gasteiger partial charge in [0.05, 0.1) is 19.3 Å². The van der Waals surface area contributed by atoms with E-state index in [-0.39, 0.29) is 6.10 Å². The molecule has 0 aliphatic heterocycles. The maximum Gasteiger partial charge on any atom is 0.300 e. The number of ether oxygens (including phenoxy) is 1. The van der Waals surface area contributed by atoms with Gasteiger partial charge >= 0.3 is 5.65 Å². The molecular formula is C12H16BrN2O+. The topological polar surface area (TPSA) is 18.3 Å². The number of imidazole rings is 1. The fourth-order valence-corrected chi connectivity index (χ4v) is 2.32. The van der Waals surface area contributed by atoms with Gasteiger partial charge in [0, 0.05) is 0 Å². The van der Waals surface area contributed by atoms with Crippen LogP contribution in [0.2, 0.25) is 0 Å². The first-order valence-electron chi connectivity index (χ1n) is 5.35. The lowest BCUT2D eigenvalue weighted by Gasteiger charge is -2.04. The van der Waals surface area contributed by atoms with Crippen molar-refractivity contribution >= 4 is 21.6 Å². The minimum absolute atomic E-state index is 0.256. The third-order valence-electron chi connectivity index (χ3n) is 2.55. The molecule has 0 unspecified atom stereocenters. The first-order valence-corrected chi connectivity index (χ1v) is 6.14. The summed E-state index contributed by atoms with van der Waals surface area (Å²) in [5.41, 5.74) is 2.31. The summed E-state index contributed by atoms with van der Waals surface area (Å²) in [4.78, 5) is 0. The third-order valence-corrected chi connectivity index (χ3v) is 3.17. The molecule has 0 aromatic carbocycles. The van der Waals surface area contributed by atoms with Crippen LogP contribution in [0, 0.1) is 0 Å². The molecule has 2 rings (SSSR count). The third kappa shape index (κ3) is 2.13. The fraction of sp³-hybridized carbons (Fsp3) is 0.417. The number of nitrogens with zero attached hydrogens (tertiary/aromatic N) is 2. The number of pyridine rings is 1. The highest BCUT2D eigenvalue weighted by molar-refractivity contribution is 9.10. The van der Waals surface area contributed by atoms with E-state index in [4.69, 9.17) is 4.74 Å². The van der Waals surface area contributed by atoms with Gasteiger partial charge in [0.15, 0.2) is 5.69 Å². The quantitative estimate of drug-likeness (QED) is 0.792. The molecule has 86 valence electrons. The van der Waals surface area contributed by atoms with Crippen molar-refractivity contribution in [2.24, 2.45) is 7.05 Å². The maximum absolute atomic E-state index is 5.63. The van der Waals surface area contributed by atoms with Crippen molar-refractivity contribution < 1.29 is 9.14 Å². The molecule has 0 saturated heterocycles. The number of hydrogen-bond donors (Lipinski definition) is 0. The Morgan fingerprint density at radius 1 is 1.50 bits per heavy atom. The average molecular weight is 284 g/mol. The summed E-state index contributed by atoms with van der Waals surface area (Å²) in [6, 6.07) is 4.06. The van der Waals surface area contributed by atoms with Crippen LogP contribution in [0.3, 0.4) is 0 Å². The molecule has 2 heterocycles. The van der Waals surface area contributed by atoms with E-state index in [2.05, 4.69) is 38.1 Å². The van der Waals surface area contributed by atoms with Crippen LogP contribution in [0.5, 0.6) is 0 Å². The number of aromatic nitrogens is 2. The average Bonchev–Trinajstić information content (AvgIpc) is 2.54. The predicted octanol–water partition coefficient (Wildman–Crippen LogP) is 2.45. The van der Waals surface area contributed by atoms with E-state index in [0.717, 1.165) is 10.1 Å². The first kappa shape index (κ1) is 11.6. The van der Waals surface area contributed by atoms with Crippen LogP contribution in [0.4, 0.5) is 0 Å². The maximum atomic E-state index is 5.63. The molecule has 0 radical (unpaired) electrons. The van der Waals surface area contributed by atoms with Gasteiger partial charge in [0.2, 0.25) is 0 Å². The molecule has 2 aromatic rings. The molecule has 0 spiro atoms.